The molecular formula is C66H48N2S2. The van der Waals surface area contributed by atoms with Crippen molar-refractivity contribution in [1.29, 1.82) is 0 Å². The molecule has 13 aromatic rings. The maximum Gasteiger partial charge on any atom is 0.0561 e. The highest BCUT2D eigenvalue weighted by molar-refractivity contribution is 8.34. The van der Waals surface area contributed by atoms with Crippen LogP contribution in [0.1, 0.15) is 0 Å². The number of nitrogens with zero attached hydrogens (tertiary/aromatic N) is 2. The lowest BCUT2D eigenvalue weighted by Gasteiger charge is -2.42. The van der Waals surface area contributed by atoms with Crippen molar-refractivity contribution >= 4 is 63.7 Å². The molecule has 11 aromatic carbocycles. The quantitative estimate of drug-likeness (QED) is 0.129. The molecule has 13 rings (SSSR count). The van der Waals surface area contributed by atoms with E-state index in [1.807, 2.05) is 0 Å². The van der Waals surface area contributed by atoms with Gasteiger partial charge < -0.3 is 9.13 Å². The average Bonchev–Trinajstić information content (AvgIpc) is 3.96. The van der Waals surface area contributed by atoms with E-state index < -0.39 is 20.1 Å². The molecule has 0 bridgehead atoms. The van der Waals surface area contributed by atoms with Crippen LogP contribution in [-0.2, 0) is 0 Å². The van der Waals surface area contributed by atoms with Gasteiger partial charge in [0.05, 0.1) is 22.1 Å². The Morgan fingerprint density at radius 1 is 0.214 bits per heavy atom. The highest BCUT2D eigenvalue weighted by Crippen LogP contribution is 2.75. The van der Waals surface area contributed by atoms with Crippen molar-refractivity contribution in [3.8, 4) is 11.4 Å². The molecule has 334 valence electrons. The molecule has 0 atom stereocenters. The van der Waals surface area contributed by atoms with Gasteiger partial charge in [0.15, 0.2) is 0 Å². The molecule has 0 amide bonds. The molecule has 4 heteroatoms. The van der Waals surface area contributed by atoms with Gasteiger partial charge in [0, 0.05) is 72.1 Å². The first-order chi connectivity index (χ1) is 34.8. The van der Waals surface area contributed by atoms with E-state index in [2.05, 4.69) is 300 Å². The molecule has 0 unspecified atom stereocenters. The molecule has 0 saturated carbocycles. The zero-order chi connectivity index (χ0) is 46.5. The maximum atomic E-state index is 2.50. The summed E-state index contributed by atoms with van der Waals surface area (Å²) >= 11 is 0. The SMILES string of the molecule is c1ccc(S(c2ccccc2)(c2ccccc2)c2ccc(-n3c4ccccc4c4ccc(-n5c6ccccc6c6c(S(c7ccccc7)(c7ccccc7)c7ccccc7)cccc65)cc43)cc2)cc1. The monoisotopic (exact) mass is 932 g/mol. The van der Waals surface area contributed by atoms with Crippen LogP contribution in [0.25, 0.3) is 55.0 Å². The lowest BCUT2D eigenvalue weighted by atomic mass is 10.1. The smallest absolute Gasteiger partial charge is 0.0561 e. The molecule has 70 heavy (non-hydrogen) atoms. The highest BCUT2D eigenvalue weighted by Gasteiger charge is 2.36. The second-order valence-electron chi connectivity index (χ2n) is 17.7. The minimum Gasteiger partial charge on any atom is -0.309 e. The lowest BCUT2D eigenvalue weighted by molar-refractivity contribution is 1.14. The Labute approximate surface area is 412 Å². The summed E-state index contributed by atoms with van der Waals surface area (Å²) in [7, 11) is -3.81. The average molecular weight is 933 g/mol. The van der Waals surface area contributed by atoms with E-state index in [-0.39, 0.29) is 0 Å². The van der Waals surface area contributed by atoms with Crippen LogP contribution in [0.2, 0.25) is 0 Å². The second-order valence-corrected chi connectivity index (χ2v) is 23.8. The van der Waals surface area contributed by atoms with Gasteiger partial charge in [0.25, 0.3) is 0 Å². The molecule has 0 aliphatic heterocycles. The zero-order valence-electron chi connectivity index (χ0n) is 38.4. The van der Waals surface area contributed by atoms with Crippen LogP contribution in [0, 0.1) is 0 Å². The van der Waals surface area contributed by atoms with Gasteiger partial charge in [-0.05, 0) is 133 Å². The number of benzene rings is 11. The zero-order valence-corrected chi connectivity index (χ0v) is 40.1. The predicted molar refractivity (Wildman–Crippen MR) is 295 cm³/mol. The van der Waals surface area contributed by atoms with Gasteiger partial charge in [-0.25, -0.2) is 0 Å². The minimum atomic E-state index is -1.98. The third kappa shape index (κ3) is 6.45. The fourth-order valence-electron chi connectivity index (χ4n) is 11.0. The molecule has 2 heterocycles. The van der Waals surface area contributed by atoms with Crippen molar-refractivity contribution in [2.24, 2.45) is 0 Å². The maximum absolute atomic E-state index is 2.50. The molecule has 0 saturated heterocycles. The fourth-order valence-corrected chi connectivity index (χ4v) is 19.0. The van der Waals surface area contributed by atoms with Crippen molar-refractivity contribution in [2.75, 3.05) is 0 Å². The van der Waals surface area contributed by atoms with Gasteiger partial charge >= 0.3 is 0 Å². The summed E-state index contributed by atoms with van der Waals surface area (Å²) in [6, 6.07) is 108. The van der Waals surface area contributed by atoms with Crippen molar-refractivity contribution in [1.82, 2.24) is 9.13 Å². The summed E-state index contributed by atoms with van der Waals surface area (Å²) in [5.41, 5.74) is 6.96. The van der Waals surface area contributed by atoms with E-state index in [0.29, 0.717) is 0 Å². The first-order valence-electron chi connectivity index (χ1n) is 23.9. The molecule has 2 aromatic heterocycles. The van der Waals surface area contributed by atoms with Crippen LogP contribution in [0.5, 0.6) is 0 Å². The number of hydrogen-bond donors (Lipinski definition) is 0. The summed E-state index contributed by atoms with van der Waals surface area (Å²) in [6.07, 6.45) is 0. The number of fused-ring (bicyclic) bond motifs is 6. The number of rotatable bonds is 10. The molecule has 0 spiro atoms. The summed E-state index contributed by atoms with van der Waals surface area (Å²) < 4.78 is 4.97. The predicted octanol–water partition coefficient (Wildman–Crippen LogP) is 18.6. The van der Waals surface area contributed by atoms with E-state index in [9.17, 15) is 0 Å². The van der Waals surface area contributed by atoms with Crippen LogP contribution in [0.4, 0.5) is 0 Å². The Bertz CT molecular complexity index is 3770. The Morgan fingerprint density at radius 3 is 1.04 bits per heavy atom. The van der Waals surface area contributed by atoms with Gasteiger partial charge in [0.2, 0.25) is 0 Å². The van der Waals surface area contributed by atoms with Crippen LogP contribution < -0.4 is 0 Å². The highest BCUT2D eigenvalue weighted by atomic mass is 32.3. The first kappa shape index (κ1) is 41.9. The van der Waals surface area contributed by atoms with Crippen LogP contribution in [0.3, 0.4) is 0 Å². The number of para-hydroxylation sites is 2. The minimum absolute atomic E-state index is 1.12. The Kier molecular flexibility index (Phi) is 10.4. The summed E-state index contributed by atoms with van der Waals surface area (Å²) in [5, 5.41) is 4.98. The lowest BCUT2D eigenvalue weighted by Crippen LogP contribution is -2.05. The van der Waals surface area contributed by atoms with Crippen molar-refractivity contribution in [3.63, 3.8) is 0 Å². The number of aromatic nitrogens is 2. The van der Waals surface area contributed by atoms with Gasteiger partial charge in [-0.1, -0.05) is 158 Å². The third-order valence-corrected chi connectivity index (χ3v) is 21.8. The van der Waals surface area contributed by atoms with Crippen LogP contribution >= 0.6 is 20.1 Å². The summed E-state index contributed by atoms with van der Waals surface area (Å²) in [5.74, 6) is 0. The molecular weight excluding hydrogens is 885 g/mol. The van der Waals surface area contributed by atoms with Gasteiger partial charge in [0.1, 0.15) is 0 Å². The molecule has 0 aliphatic carbocycles. The molecule has 2 nitrogen and oxygen atoms in total. The van der Waals surface area contributed by atoms with Crippen LogP contribution in [0.15, 0.2) is 330 Å². The van der Waals surface area contributed by atoms with Gasteiger partial charge in [-0.15, -0.1) is 20.1 Å². The standard InChI is InChI=1S/C66H48N2S2/c1-7-24-51(25-8-1)69(52-26-9-2-10-27-52,53-28-11-3-12-29-53)57-45-42-49(43-46-57)67-61-38-21-19-36-58(61)59-47-44-50(48-64(59)67)68-62-39-22-20-37-60(62)66-63(68)40-23-41-65(66)70(54-30-13-4-14-31-54,55-32-15-5-16-33-55)56-34-17-6-18-35-56/h1-48H. The van der Waals surface area contributed by atoms with E-state index in [0.717, 1.165) is 11.4 Å². The Hall–Kier alpha value is -8.28. The number of hydrogen-bond acceptors (Lipinski definition) is 0. The van der Waals surface area contributed by atoms with Crippen molar-refractivity contribution < 1.29 is 0 Å². The topological polar surface area (TPSA) is 9.86 Å². The van der Waals surface area contributed by atoms with Gasteiger partial charge in [-0.3, -0.25) is 0 Å². The summed E-state index contributed by atoms with van der Waals surface area (Å²) in [4.78, 5) is 10.5. The molecule has 0 N–H and O–H groups in total. The van der Waals surface area contributed by atoms with Crippen LogP contribution in [-0.4, -0.2) is 9.13 Å². The van der Waals surface area contributed by atoms with E-state index in [4.69, 9.17) is 0 Å². The second kappa shape index (κ2) is 17.4. The largest absolute Gasteiger partial charge is 0.309 e. The van der Waals surface area contributed by atoms with Crippen molar-refractivity contribution in [2.45, 2.75) is 39.2 Å². The van der Waals surface area contributed by atoms with E-state index in [1.165, 1.54) is 82.8 Å². The first-order valence-corrected chi connectivity index (χ1v) is 27.2. The Morgan fingerprint density at radius 2 is 0.557 bits per heavy atom. The third-order valence-electron chi connectivity index (χ3n) is 13.9. The Balaban J connectivity index is 1.04. The fraction of sp³-hybridized carbons (Fsp3) is 0. The van der Waals surface area contributed by atoms with Gasteiger partial charge in [-0.2, -0.15) is 0 Å². The summed E-state index contributed by atoms with van der Waals surface area (Å²) in [6.45, 7) is 0. The van der Waals surface area contributed by atoms with Crippen molar-refractivity contribution in [3.05, 3.63) is 291 Å². The normalized spacial score (nSPS) is 12.5. The van der Waals surface area contributed by atoms with E-state index in [1.54, 1.807) is 0 Å². The van der Waals surface area contributed by atoms with E-state index >= 15 is 0 Å². The molecule has 0 radical (unpaired) electrons. The molecule has 0 fully saturated rings. The molecule has 0 aliphatic rings.